The van der Waals surface area contributed by atoms with E-state index in [0.717, 1.165) is 45.3 Å². The zero-order chi connectivity index (χ0) is 12.5. The second kappa shape index (κ2) is 8.48. The van der Waals surface area contributed by atoms with Crippen molar-refractivity contribution in [3.63, 3.8) is 0 Å². The number of aliphatic hydroxyl groups excluding tert-OH is 1. The summed E-state index contributed by atoms with van der Waals surface area (Å²) in [5.41, 5.74) is 0. The van der Waals surface area contributed by atoms with Gasteiger partial charge in [-0.05, 0) is 45.2 Å². The monoisotopic (exact) mass is 242 g/mol. The maximum Gasteiger partial charge on any atom is 0.219 e. The average Bonchev–Trinajstić information content (AvgIpc) is 2.76. The number of unbranched alkanes of at least 4 members (excludes halogenated alkanes) is 1. The summed E-state index contributed by atoms with van der Waals surface area (Å²) in [4.78, 5) is 13.6. The topological polar surface area (TPSA) is 52.6 Å². The molecule has 0 aromatic carbocycles. The van der Waals surface area contributed by atoms with E-state index >= 15 is 0 Å². The molecule has 1 unspecified atom stereocenters. The number of aliphatic hydroxyl groups is 1. The fraction of sp³-hybridized carbons (Fsp3) is 0.923. The summed E-state index contributed by atoms with van der Waals surface area (Å²) < 4.78 is 0. The summed E-state index contributed by atoms with van der Waals surface area (Å²) in [6.45, 7) is 5.26. The number of carbonyl (C=O) groups is 1. The normalized spacial score (nSPS) is 20.7. The molecular weight excluding hydrogens is 216 g/mol. The van der Waals surface area contributed by atoms with E-state index in [4.69, 9.17) is 0 Å². The van der Waals surface area contributed by atoms with Crippen molar-refractivity contribution in [2.75, 3.05) is 26.2 Å². The molecule has 17 heavy (non-hydrogen) atoms. The van der Waals surface area contributed by atoms with Crippen LogP contribution in [0, 0.1) is 0 Å². The Kier molecular flexibility index (Phi) is 7.21. The summed E-state index contributed by atoms with van der Waals surface area (Å²) in [5.74, 6) is 0.168. The van der Waals surface area contributed by atoms with Crippen LogP contribution < -0.4 is 5.32 Å². The molecule has 4 nitrogen and oxygen atoms in total. The Morgan fingerprint density at radius 3 is 3.00 bits per heavy atom. The fourth-order valence-electron chi connectivity index (χ4n) is 2.38. The van der Waals surface area contributed by atoms with Crippen LogP contribution in [0.3, 0.4) is 0 Å². The van der Waals surface area contributed by atoms with E-state index in [1.807, 2.05) is 6.92 Å². The molecule has 1 aliphatic rings. The zero-order valence-electron chi connectivity index (χ0n) is 11.0. The molecule has 1 aliphatic heterocycles. The molecule has 0 saturated carbocycles. The van der Waals surface area contributed by atoms with Gasteiger partial charge in [0, 0.05) is 19.0 Å². The third-order valence-electron chi connectivity index (χ3n) is 3.38. The second-order valence-corrected chi connectivity index (χ2v) is 4.82. The van der Waals surface area contributed by atoms with Crippen LogP contribution in [0.15, 0.2) is 0 Å². The highest BCUT2D eigenvalue weighted by molar-refractivity contribution is 5.75. The van der Waals surface area contributed by atoms with Gasteiger partial charge in [-0.25, -0.2) is 0 Å². The van der Waals surface area contributed by atoms with Gasteiger partial charge in [-0.2, -0.15) is 0 Å². The molecule has 0 aromatic heterocycles. The first-order valence-corrected chi connectivity index (χ1v) is 6.89. The first-order valence-electron chi connectivity index (χ1n) is 6.89. The molecule has 0 aliphatic carbocycles. The van der Waals surface area contributed by atoms with E-state index in [1.54, 1.807) is 0 Å². The van der Waals surface area contributed by atoms with E-state index in [2.05, 4.69) is 10.2 Å². The summed E-state index contributed by atoms with van der Waals surface area (Å²) in [7, 11) is 0. The van der Waals surface area contributed by atoms with Crippen LogP contribution in [-0.2, 0) is 4.79 Å². The number of nitrogens with zero attached hydrogens (tertiary/aromatic N) is 1. The Morgan fingerprint density at radius 1 is 1.47 bits per heavy atom. The van der Waals surface area contributed by atoms with Crippen LogP contribution in [0.5, 0.6) is 0 Å². The largest absolute Gasteiger partial charge is 0.395 e. The minimum absolute atomic E-state index is 0.168. The summed E-state index contributed by atoms with van der Waals surface area (Å²) in [6.07, 6.45) is 6.02. The lowest BCUT2D eigenvalue weighted by Crippen LogP contribution is -2.33. The van der Waals surface area contributed by atoms with E-state index in [0.29, 0.717) is 12.5 Å². The predicted octanol–water partition coefficient (Wildman–Crippen LogP) is 1.14. The molecule has 0 radical (unpaired) electrons. The van der Waals surface area contributed by atoms with E-state index in [-0.39, 0.29) is 12.5 Å². The third kappa shape index (κ3) is 5.50. The third-order valence-corrected chi connectivity index (χ3v) is 3.38. The summed E-state index contributed by atoms with van der Waals surface area (Å²) >= 11 is 0. The molecule has 4 heteroatoms. The number of hydrogen-bond donors (Lipinski definition) is 2. The minimum Gasteiger partial charge on any atom is -0.395 e. The SMILES string of the molecule is CCCC(=O)NCCCCN1CCCC1CO. The molecule has 1 saturated heterocycles. The van der Waals surface area contributed by atoms with Gasteiger partial charge in [0.2, 0.25) is 5.91 Å². The van der Waals surface area contributed by atoms with Gasteiger partial charge in [-0.1, -0.05) is 6.92 Å². The van der Waals surface area contributed by atoms with Crippen LogP contribution in [-0.4, -0.2) is 48.2 Å². The number of nitrogens with one attached hydrogen (secondary N) is 1. The van der Waals surface area contributed by atoms with Crippen molar-refractivity contribution in [2.24, 2.45) is 0 Å². The van der Waals surface area contributed by atoms with Crippen LogP contribution in [0.2, 0.25) is 0 Å². The van der Waals surface area contributed by atoms with Gasteiger partial charge in [0.15, 0.2) is 0 Å². The maximum absolute atomic E-state index is 11.2. The van der Waals surface area contributed by atoms with Crippen molar-refractivity contribution in [3.05, 3.63) is 0 Å². The van der Waals surface area contributed by atoms with Gasteiger partial charge in [0.1, 0.15) is 0 Å². The molecule has 0 bridgehead atoms. The Bertz CT molecular complexity index is 221. The number of likely N-dealkylation sites (tertiary alicyclic amines) is 1. The molecule has 1 fully saturated rings. The van der Waals surface area contributed by atoms with Crippen molar-refractivity contribution in [1.29, 1.82) is 0 Å². The van der Waals surface area contributed by atoms with Gasteiger partial charge in [-0.3, -0.25) is 9.69 Å². The molecular formula is C13H26N2O2. The number of amides is 1. The van der Waals surface area contributed by atoms with Crippen molar-refractivity contribution >= 4 is 5.91 Å². The van der Waals surface area contributed by atoms with E-state index in [9.17, 15) is 9.90 Å². The second-order valence-electron chi connectivity index (χ2n) is 4.82. The maximum atomic E-state index is 11.2. The van der Waals surface area contributed by atoms with Crippen molar-refractivity contribution < 1.29 is 9.90 Å². The molecule has 0 spiro atoms. The molecule has 1 heterocycles. The average molecular weight is 242 g/mol. The number of rotatable bonds is 8. The van der Waals surface area contributed by atoms with E-state index in [1.165, 1.54) is 6.42 Å². The minimum atomic E-state index is 0.168. The highest BCUT2D eigenvalue weighted by Crippen LogP contribution is 2.16. The van der Waals surface area contributed by atoms with E-state index < -0.39 is 0 Å². The Labute approximate surface area is 104 Å². The van der Waals surface area contributed by atoms with Crippen LogP contribution in [0.4, 0.5) is 0 Å². The highest BCUT2D eigenvalue weighted by Gasteiger charge is 2.22. The summed E-state index contributed by atoms with van der Waals surface area (Å²) in [6, 6.07) is 0.379. The highest BCUT2D eigenvalue weighted by atomic mass is 16.3. The van der Waals surface area contributed by atoms with Crippen LogP contribution in [0.25, 0.3) is 0 Å². The van der Waals surface area contributed by atoms with Crippen molar-refractivity contribution in [3.8, 4) is 0 Å². The first-order chi connectivity index (χ1) is 8.27. The van der Waals surface area contributed by atoms with Crippen LogP contribution in [0.1, 0.15) is 45.4 Å². The zero-order valence-corrected chi connectivity index (χ0v) is 11.0. The number of carbonyl (C=O) groups excluding carboxylic acids is 1. The lowest BCUT2D eigenvalue weighted by Gasteiger charge is -2.22. The van der Waals surface area contributed by atoms with Crippen molar-refractivity contribution in [2.45, 2.75) is 51.5 Å². The molecule has 0 aromatic rings. The Hall–Kier alpha value is -0.610. The lowest BCUT2D eigenvalue weighted by molar-refractivity contribution is -0.121. The summed E-state index contributed by atoms with van der Waals surface area (Å²) in [5, 5.41) is 12.1. The number of hydrogen-bond acceptors (Lipinski definition) is 3. The Morgan fingerprint density at radius 2 is 2.29 bits per heavy atom. The smallest absolute Gasteiger partial charge is 0.219 e. The molecule has 1 rings (SSSR count). The molecule has 1 amide bonds. The first kappa shape index (κ1) is 14.5. The van der Waals surface area contributed by atoms with Gasteiger partial charge < -0.3 is 10.4 Å². The van der Waals surface area contributed by atoms with Gasteiger partial charge in [-0.15, -0.1) is 0 Å². The van der Waals surface area contributed by atoms with Crippen LogP contribution >= 0.6 is 0 Å². The Balaban J connectivity index is 1.98. The predicted molar refractivity (Wildman–Crippen MR) is 68.8 cm³/mol. The standard InChI is InChI=1S/C13H26N2O2/c1-2-6-13(17)14-8-3-4-9-15-10-5-7-12(15)11-16/h12,16H,2-11H2,1H3,(H,14,17). The molecule has 1 atom stereocenters. The van der Waals surface area contributed by atoms with Gasteiger partial charge in [0.05, 0.1) is 6.61 Å². The van der Waals surface area contributed by atoms with Crippen molar-refractivity contribution in [1.82, 2.24) is 10.2 Å². The quantitative estimate of drug-likeness (QED) is 0.628. The molecule has 100 valence electrons. The fourth-order valence-corrected chi connectivity index (χ4v) is 2.38. The molecule has 2 N–H and O–H groups in total. The van der Waals surface area contributed by atoms with Gasteiger partial charge in [0.25, 0.3) is 0 Å². The lowest BCUT2D eigenvalue weighted by atomic mass is 10.2. The van der Waals surface area contributed by atoms with Gasteiger partial charge >= 0.3 is 0 Å².